The van der Waals surface area contributed by atoms with Crippen molar-refractivity contribution in [2.45, 2.75) is 39.5 Å². The van der Waals surface area contributed by atoms with Crippen LogP contribution < -0.4 is 5.73 Å². The number of benzene rings is 1. The zero-order valence-corrected chi connectivity index (χ0v) is 10.5. The average Bonchev–Trinajstić information content (AvgIpc) is 2.33. The number of rotatable bonds is 6. The molecule has 94 valence electrons. The van der Waals surface area contributed by atoms with Gasteiger partial charge in [0.15, 0.2) is 5.78 Å². The molecule has 1 aromatic rings. The molecule has 0 bridgehead atoms. The molecule has 0 aliphatic carbocycles. The van der Waals surface area contributed by atoms with Crippen molar-refractivity contribution in [1.82, 2.24) is 0 Å². The van der Waals surface area contributed by atoms with Gasteiger partial charge >= 0.3 is 0 Å². The summed E-state index contributed by atoms with van der Waals surface area (Å²) in [5.41, 5.74) is 5.91. The summed E-state index contributed by atoms with van der Waals surface area (Å²) in [5, 5.41) is 0. The second kappa shape index (κ2) is 6.38. The summed E-state index contributed by atoms with van der Waals surface area (Å²) in [6.07, 6.45) is 3.77. The van der Waals surface area contributed by atoms with Crippen LogP contribution in [0.1, 0.15) is 49.9 Å². The molecule has 0 aromatic heterocycles. The third kappa shape index (κ3) is 3.55. The van der Waals surface area contributed by atoms with Crippen LogP contribution in [0.2, 0.25) is 0 Å². The fraction of sp³-hybridized carbons (Fsp3) is 0.500. The molecule has 0 saturated heterocycles. The second-order valence-corrected chi connectivity index (χ2v) is 4.35. The fourth-order valence-electron chi connectivity index (χ4n) is 1.89. The van der Waals surface area contributed by atoms with Crippen LogP contribution in [0.3, 0.4) is 0 Å². The first-order valence-electron chi connectivity index (χ1n) is 6.19. The number of carbonyl (C=O) groups is 1. The molecule has 0 saturated carbocycles. The summed E-state index contributed by atoms with van der Waals surface area (Å²) in [7, 11) is 0. The van der Waals surface area contributed by atoms with Crippen LogP contribution in [0.4, 0.5) is 10.1 Å². The van der Waals surface area contributed by atoms with Crippen molar-refractivity contribution >= 4 is 11.5 Å². The van der Waals surface area contributed by atoms with Gasteiger partial charge in [0.1, 0.15) is 5.82 Å². The maximum Gasteiger partial charge on any atom is 0.166 e. The molecule has 3 heteroatoms. The Morgan fingerprint density at radius 3 is 2.65 bits per heavy atom. The van der Waals surface area contributed by atoms with E-state index in [0.29, 0.717) is 5.56 Å². The van der Waals surface area contributed by atoms with Gasteiger partial charge in [0.25, 0.3) is 0 Å². The fourth-order valence-corrected chi connectivity index (χ4v) is 1.89. The van der Waals surface area contributed by atoms with E-state index in [1.54, 1.807) is 6.07 Å². The average molecular weight is 237 g/mol. The van der Waals surface area contributed by atoms with Crippen molar-refractivity contribution in [3.05, 3.63) is 29.6 Å². The van der Waals surface area contributed by atoms with Gasteiger partial charge in [-0.25, -0.2) is 4.39 Å². The van der Waals surface area contributed by atoms with Gasteiger partial charge < -0.3 is 5.73 Å². The Balaban J connectivity index is 2.82. The number of nitrogens with two attached hydrogens (primary N) is 1. The molecule has 2 N–H and O–H groups in total. The van der Waals surface area contributed by atoms with Crippen molar-refractivity contribution in [2.24, 2.45) is 5.92 Å². The molecule has 0 fully saturated rings. The molecular weight excluding hydrogens is 217 g/mol. The SMILES string of the molecule is CCCCC(CC)C(=O)c1ccc(N)c(F)c1. The highest BCUT2D eigenvalue weighted by molar-refractivity contribution is 5.98. The van der Waals surface area contributed by atoms with Crippen LogP contribution in [-0.4, -0.2) is 5.78 Å². The third-order valence-electron chi connectivity index (χ3n) is 3.05. The van der Waals surface area contributed by atoms with Crippen molar-refractivity contribution < 1.29 is 9.18 Å². The van der Waals surface area contributed by atoms with Gasteiger partial charge in [-0.1, -0.05) is 26.7 Å². The molecule has 1 atom stereocenters. The number of nitrogen functional groups attached to an aromatic ring is 1. The number of halogens is 1. The van der Waals surface area contributed by atoms with Gasteiger partial charge in [0.2, 0.25) is 0 Å². The van der Waals surface area contributed by atoms with Gasteiger partial charge in [-0.3, -0.25) is 4.79 Å². The molecule has 0 heterocycles. The topological polar surface area (TPSA) is 43.1 Å². The highest BCUT2D eigenvalue weighted by atomic mass is 19.1. The molecule has 17 heavy (non-hydrogen) atoms. The van der Waals surface area contributed by atoms with E-state index in [-0.39, 0.29) is 17.4 Å². The van der Waals surface area contributed by atoms with Crippen molar-refractivity contribution in [3.63, 3.8) is 0 Å². The van der Waals surface area contributed by atoms with Gasteiger partial charge in [-0.15, -0.1) is 0 Å². The molecular formula is C14H20FNO. The van der Waals surface area contributed by atoms with E-state index in [0.717, 1.165) is 25.7 Å². The Kier molecular flexibility index (Phi) is 5.13. The molecule has 0 amide bonds. The van der Waals surface area contributed by atoms with Gasteiger partial charge in [-0.05, 0) is 31.0 Å². The smallest absolute Gasteiger partial charge is 0.166 e. The predicted octanol–water partition coefficient (Wildman–Crippen LogP) is 3.81. The molecule has 0 aliphatic rings. The van der Waals surface area contributed by atoms with Crippen molar-refractivity contribution in [1.29, 1.82) is 0 Å². The van der Waals surface area contributed by atoms with E-state index in [4.69, 9.17) is 5.73 Å². The summed E-state index contributed by atoms with van der Waals surface area (Å²) in [6, 6.07) is 4.30. The zero-order chi connectivity index (χ0) is 12.8. The molecule has 0 radical (unpaired) electrons. The number of carbonyl (C=O) groups excluding carboxylic acids is 1. The van der Waals surface area contributed by atoms with Crippen molar-refractivity contribution in [3.8, 4) is 0 Å². The first-order chi connectivity index (χ1) is 8.10. The minimum atomic E-state index is -0.513. The Morgan fingerprint density at radius 2 is 2.12 bits per heavy atom. The third-order valence-corrected chi connectivity index (χ3v) is 3.05. The number of hydrogen-bond acceptors (Lipinski definition) is 2. The Hall–Kier alpha value is -1.38. The van der Waals surface area contributed by atoms with E-state index in [2.05, 4.69) is 6.92 Å². The van der Waals surface area contributed by atoms with Crippen molar-refractivity contribution in [2.75, 3.05) is 5.73 Å². The monoisotopic (exact) mass is 237 g/mol. The van der Waals surface area contributed by atoms with Gasteiger partial charge in [0, 0.05) is 11.5 Å². The van der Waals surface area contributed by atoms with Crippen LogP contribution in [0.5, 0.6) is 0 Å². The molecule has 2 nitrogen and oxygen atoms in total. The van der Waals surface area contributed by atoms with Crippen LogP contribution in [0, 0.1) is 11.7 Å². The Morgan fingerprint density at radius 1 is 1.41 bits per heavy atom. The first-order valence-corrected chi connectivity index (χ1v) is 6.19. The summed E-state index contributed by atoms with van der Waals surface area (Å²) >= 11 is 0. The van der Waals surface area contributed by atoms with Crippen LogP contribution in [0.15, 0.2) is 18.2 Å². The lowest BCUT2D eigenvalue weighted by atomic mass is 9.90. The summed E-state index contributed by atoms with van der Waals surface area (Å²) < 4.78 is 13.3. The normalized spacial score (nSPS) is 12.4. The second-order valence-electron chi connectivity index (χ2n) is 4.35. The highest BCUT2D eigenvalue weighted by Gasteiger charge is 2.18. The predicted molar refractivity (Wildman–Crippen MR) is 68.4 cm³/mol. The lowest BCUT2D eigenvalue weighted by molar-refractivity contribution is 0.0908. The number of unbranched alkanes of at least 4 members (excludes halogenated alkanes) is 1. The molecule has 0 spiro atoms. The van der Waals surface area contributed by atoms with Crippen LogP contribution in [-0.2, 0) is 0 Å². The van der Waals surface area contributed by atoms with E-state index in [1.807, 2.05) is 6.92 Å². The minimum absolute atomic E-state index is 0.00188. The largest absolute Gasteiger partial charge is 0.396 e. The van der Waals surface area contributed by atoms with E-state index >= 15 is 0 Å². The molecule has 1 aromatic carbocycles. The standard InChI is InChI=1S/C14H20FNO/c1-3-5-6-10(4-2)14(17)11-7-8-13(16)12(15)9-11/h7-10H,3-6,16H2,1-2H3. The summed E-state index contributed by atoms with van der Waals surface area (Å²) in [4.78, 5) is 12.1. The number of hydrogen-bond donors (Lipinski definition) is 1. The highest BCUT2D eigenvalue weighted by Crippen LogP contribution is 2.20. The van der Waals surface area contributed by atoms with E-state index in [1.165, 1.54) is 12.1 Å². The quantitative estimate of drug-likeness (QED) is 0.604. The number of anilines is 1. The lowest BCUT2D eigenvalue weighted by Gasteiger charge is -2.13. The molecule has 1 rings (SSSR count). The maximum absolute atomic E-state index is 13.3. The zero-order valence-electron chi connectivity index (χ0n) is 10.5. The first kappa shape index (κ1) is 13.7. The summed E-state index contributed by atoms with van der Waals surface area (Å²) in [5.74, 6) is -0.487. The maximum atomic E-state index is 13.3. The van der Waals surface area contributed by atoms with E-state index < -0.39 is 5.82 Å². The number of Topliss-reactive ketones (excluding diaryl/α,β-unsaturated/α-hetero) is 1. The van der Waals surface area contributed by atoms with Crippen LogP contribution >= 0.6 is 0 Å². The summed E-state index contributed by atoms with van der Waals surface area (Å²) in [6.45, 7) is 4.09. The molecule has 0 aliphatic heterocycles. The number of ketones is 1. The van der Waals surface area contributed by atoms with Crippen LogP contribution in [0.25, 0.3) is 0 Å². The Bertz CT molecular complexity index is 390. The minimum Gasteiger partial charge on any atom is -0.396 e. The lowest BCUT2D eigenvalue weighted by Crippen LogP contribution is -2.14. The van der Waals surface area contributed by atoms with Gasteiger partial charge in [0.05, 0.1) is 5.69 Å². The molecule has 1 unspecified atom stereocenters. The van der Waals surface area contributed by atoms with E-state index in [9.17, 15) is 9.18 Å². The Labute approximate surface area is 102 Å². The van der Waals surface area contributed by atoms with Gasteiger partial charge in [-0.2, -0.15) is 0 Å².